The summed E-state index contributed by atoms with van der Waals surface area (Å²) in [6, 6.07) is 1.63. The first kappa shape index (κ1) is 9.48. The third-order valence-electron chi connectivity index (χ3n) is 2.60. The van der Waals surface area contributed by atoms with E-state index in [0.717, 1.165) is 6.42 Å². The van der Waals surface area contributed by atoms with Gasteiger partial charge in [0.05, 0.1) is 6.04 Å². The lowest BCUT2D eigenvalue weighted by Crippen LogP contribution is -2.45. The van der Waals surface area contributed by atoms with Crippen molar-refractivity contribution in [3.05, 3.63) is 21.9 Å². The van der Waals surface area contributed by atoms with E-state index in [2.05, 4.69) is 0 Å². The van der Waals surface area contributed by atoms with Crippen LogP contribution in [0.3, 0.4) is 0 Å². The van der Waals surface area contributed by atoms with Crippen molar-refractivity contribution in [1.82, 2.24) is 4.90 Å². The van der Waals surface area contributed by atoms with Crippen LogP contribution in [-0.4, -0.2) is 24.0 Å². The van der Waals surface area contributed by atoms with Gasteiger partial charge in [-0.25, -0.2) is 4.79 Å². The molecule has 4 N–H and O–H groups in total. The van der Waals surface area contributed by atoms with E-state index in [-0.39, 0.29) is 12.1 Å². The summed E-state index contributed by atoms with van der Waals surface area (Å²) >= 11 is 1.72. The molecule has 4 nitrogen and oxygen atoms in total. The number of carbonyl (C=O) groups is 1. The molecule has 1 unspecified atom stereocenters. The van der Waals surface area contributed by atoms with Gasteiger partial charge in [-0.3, -0.25) is 0 Å². The number of rotatable bonds is 1. The molecule has 0 aromatic carbocycles. The van der Waals surface area contributed by atoms with E-state index in [1.54, 1.807) is 16.2 Å². The van der Waals surface area contributed by atoms with E-state index < -0.39 is 0 Å². The molecule has 2 rings (SSSR count). The van der Waals surface area contributed by atoms with Crippen molar-refractivity contribution in [2.45, 2.75) is 12.5 Å². The second-order valence-electron chi connectivity index (χ2n) is 3.33. The summed E-state index contributed by atoms with van der Waals surface area (Å²) in [7, 11) is 0. The van der Waals surface area contributed by atoms with Crippen molar-refractivity contribution in [3.8, 4) is 0 Å². The summed E-state index contributed by atoms with van der Waals surface area (Å²) in [6.07, 6.45) is 0.895. The van der Waals surface area contributed by atoms with Gasteiger partial charge in [-0.2, -0.15) is 0 Å². The largest absolute Gasteiger partial charge is 0.351 e. The lowest BCUT2D eigenvalue weighted by atomic mass is 10.0. The zero-order chi connectivity index (χ0) is 10.1. The monoisotopic (exact) mass is 211 g/mol. The van der Waals surface area contributed by atoms with Gasteiger partial charge in [0.1, 0.15) is 0 Å². The number of carbonyl (C=O) groups excluding carboxylic acids is 1. The lowest BCUT2D eigenvalue weighted by Gasteiger charge is -2.33. The quantitative estimate of drug-likeness (QED) is 0.717. The smallest absolute Gasteiger partial charge is 0.315 e. The summed E-state index contributed by atoms with van der Waals surface area (Å²) in [4.78, 5) is 14.1. The summed E-state index contributed by atoms with van der Waals surface area (Å²) in [5.74, 6) is 0. The average Bonchev–Trinajstić information content (AvgIpc) is 2.63. The van der Waals surface area contributed by atoms with Crippen LogP contribution in [0.15, 0.2) is 11.4 Å². The minimum absolute atomic E-state index is 0.0255. The molecule has 0 radical (unpaired) electrons. The zero-order valence-electron chi connectivity index (χ0n) is 7.77. The molecule has 1 aliphatic heterocycles. The predicted molar refractivity (Wildman–Crippen MR) is 56.1 cm³/mol. The standard InChI is InChI=1S/C9H13N3OS/c10-5-7-6-2-4-14-8(6)1-3-12(7)9(11)13/h2,4,7H,1,3,5,10H2,(H2,11,13). The molecular weight excluding hydrogens is 198 g/mol. The van der Waals surface area contributed by atoms with Crippen LogP contribution in [0.1, 0.15) is 16.5 Å². The first-order chi connectivity index (χ1) is 6.74. The van der Waals surface area contributed by atoms with Gasteiger partial charge in [0.15, 0.2) is 0 Å². The number of thiophene rings is 1. The molecule has 76 valence electrons. The third-order valence-corrected chi connectivity index (χ3v) is 3.60. The minimum atomic E-state index is -0.377. The first-order valence-corrected chi connectivity index (χ1v) is 5.44. The molecule has 1 aliphatic rings. The number of hydrogen-bond donors (Lipinski definition) is 2. The highest BCUT2D eigenvalue weighted by atomic mass is 32.1. The van der Waals surface area contributed by atoms with Crippen molar-refractivity contribution >= 4 is 17.4 Å². The van der Waals surface area contributed by atoms with Gasteiger partial charge in [0.25, 0.3) is 0 Å². The van der Waals surface area contributed by atoms with Gasteiger partial charge in [-0.1, -0.05) is 0 Å². The number of urea groups is 1. The topological polar surface area (TPSA) is 72.3 Å². The summed E-state index contributed by atoms with van der Waals surface area (Å²) < 4.78 is 0. The Hall–Kier alpha value is -1.07. The number of hydrogen-bond acceptors (Lipinski definition) is 3. The Morgan fingerprint density at radius 3 is 3.14 bits per heavy atom. The maximum absolute atomic E-state index is 11.2. The van der Waals surface area contributed by atoms with Crippen molar-refractivity contribution < 1.29 is 4.79 Å². The van der Waals surface area contributed by atoms with E-state index in [0.29, 0.717) is 13.1 Å². The first-order valence-electron chi connectivity index (χ1n) is 4.56. The molecule has 2 heterocycles. The minimum Gasteiger partial charge on any atom is -0.351 e. The molecule has 0 bridgehead atoms. The highest BCUT2D eigenvalue weighted by Gasteiger charge is 2.28. The Labute approximate surface area is 86.5 Å². The molecule has 5 heteroatoms. The van der Waals surface area contributed by atoms with E-state index in [1.807, 2.05) is 11.4 Å². The van der Waals surface area contributed by atoms with Crippen molar-refractivity contribution in [3.63, 3.8) is 0 Å². The van der Waals surface area contributed by atoms with Gasteiger partial charge < -0.3 is 16.4 Å². The molecular formula is C9H13N3OS. The highest BCUT2D eigenvalue weighted by molar-refractivity contribution is 7.10. The van der Waals surface area contributed by atoms with E-state index >= 15 is 0 Å². The fraction of sp³-hybridized carbons (Fsp3) is 0.444. The van der Waals surface area contributed by atoms with Gasteiger partial charge in [0, 0.05) is 18.0 Å². The molecule has 1 atom stereocenters. The molecule has 0 saturated carbocycles. The molecule has 0 spiro atoms. The molecule has 0 saturated heterocycles. The number of nitrogens with two attached hydrogens (primary N) is 2. The maximum atomic E-state index is 11.2. The van der Waals surface area contributed by atoms with Crippen LogP contribution >= 0.6 is 11.3 Å². The van der Waals surface area contributed by atoms with Crippen LogP contribution in [-0.2, 0) is 6.42 Å². The van der Waals surface area contributed by atoms with Gasteiger partial charge in [-0.05, 0) is 23.4 Å². The maximum Gasteiger partial charge on any atom is 0.315 e. The number of fused-ring (bicyclic) bond motifs is 1. The molecule has 14 heavy (non-hydrogen) atoms. The Kier molecular flexibility index (Phi) is 2.43. The van der Waals surface area contributed by atoms with E-state index in [9.17, 15) is 4.79 Å². The van der Waals surface area contributed by atoms with E-state index in [4.69, 9.17) is 11.5 Å². The fourth-order valence-electron chi connectivity index (χ4n) is 1.91. The molecule has 0 fully saturated rings. The third kappa shape index (κ3) is 1.38. The average molecular weight is 211 g/mol. The van der Waals surface area contributed by atoms with Crippen LogP contribution in [0.25, 0.3) is 0 Å². The second kappa shape index (κ2) is 3.59. The van der Waals surface area contributed by atoms with Crippen LogP contribution in [0.2, 0.25) is 0 Å². The highest BCUT2D eigenvalue weighted by Crippen LogP contribution is 2.32. The van der Waals surface area contributed by atoms with Crippen molar-refractivity contribution in [1.29, 1.82) is 0 Å². The van der Waals surface area contributed by atoms with Crippen LogP contribution < -0.4 is 11.5 Å². The molecule has 1 aromatic rings. The Morgan fingerprint density at radius 2 is 2.50 bits per heavy atom. The van der Waals surface area contributed by atoms with Crippen LogP contribution in [0, 0.1) is 0 Å². The summed E-state index contributed by atoms with van der Waals surface area (Å²) in [5, 5.41) is 2.04. The Balaban J connectivity index is 2.34. The fourth-order valence-corrected chi connectivity index (χ4v) is 2.84. The summed E-state index contributed by atoms with van der Waals surface area (Å²) in [6.45, 7) is 1.12. The van der Waals surface area contributed by atoms with Crippen LogP contribution in [0.4, 0.5) is 4.79 Å². The van der Waals surface area contributed by atoms with Crippen molar-refractivity contribution in [2.75, 3.05) is 13.1 Å². The van der Waals surface area contributed by atoms with Crippen LogP contribution in [0.5, 0.6) is 0 Å². The van der Waals surface area contributed by atoms with Gasteiger partial charge in [0.2, 0.25) is 0 Å². The number of nitrogens with zero attached hydrogens (tertiary/aromatic N) is 1. The summed E-state index contributed by atoms with van der Waals surface area (Å²) in [5.41, 5.74) is 12.1. The molecule has 2 amide bonds. The molecule has 1 aromatic heterocycles. The number of amides is 2. The predicted octanol–water partition coefficient (Wildman–Crippen LogP) is 0.685. The lowest BCUT2D eigenvalue weighted by molar-refractivity contribution is 0.181. The van der Waals surface area contributed by atoms with Crippen molar-refractivity contribution in [2.24, 2.45) is 11.5 Å². The van der Waals surface area contributed by atoms with Gasteiger partial charge >= 0.3 is 6.03 Å². The number of primary amides is 1. The van der Waals surface area contributed by atoms with E-state index in [1.165, 1.54) is 10.4 Å². The SMILES string of the molecule is NCC1c2ccsc2CCN1C(N)=O. The molecule has 0 aliphatic carbocycles. The Morgan fingerprint density at radius 1 is 1.71 bits per heavy atom. The zero-order valence-corrected chi connectivity index (χ0v) is 8.59. The normalized spacial score (nSPS) is 20.6. The van der Waals surface area contributed by atoms with Gasteiger partial charge in [-0.15, -0.1) is 11.3 Å². The Bertz CT molecular complexity index is 350. The second-order valence-corrected chi connectivity index (χ2v) is 4.33.